The molecule has 0 unspecified atom stereocenters. The Morgan fingerprint density at radius 3 is 2.50 bits per heavy atom. The van der Waals surface area contributed by atoms with Crippen molar-refractivity contribution in [3.05, 3.63) is 88.8 Å². The number of aromatic nitrogens is 1. The first-order chi connectivity index (χ1) is 17.4. The molecular weight excluding hydrogens is 494 g/mol. The SMILES string of the molecule is COc1ccc(S(=O)(=O)Nc2ccccc2C(=O)Nc2nc(-c3ccc4c(c3)CCCC4)cs2)cc1. The first kappa shape index (κ1) is 24.0. The average molecular weight is 520 g/mol. The van der Waals surface area contributed by atoms with Crippen LogP contribution in [0.4, 0.5) is 10.8 Å². The molecule has 1 aliphatic carbocycles. The van der Waals surface area contributed by atoms with Crippen molar-refractivity contribution in [2.75, 3.05) is 17.1 Å². The normalized spacial score (nSPS) is 13.0. The van der Waals surface area contributed by atoms with E-state index in [1.807, 2.05) is 5.38 Å². The van der Waals surface area contributed by atoms with Gasteiger partial charge in [-0.1, -0.05) is 24.3 Å². The molecule has 0 fully saturated rings. The Labute approximate surface area is 214 Å². The number of amides is 1. The third-order valence-corrected chi connectivity index (χ3v) is 8.29. The Morgan fingerprint density at radius 2 is 1.72 bits per heavy atom. The summed E-state index contributed by atoms with van der Waals surface area (Å²) >= 11 is 1.33. The van der Waals surface area contributed by atoms with Gasteiger partial charge in [-0.3, -0.25) is 14.8 Å². The number of sulfonamides is 1. The molecule has 1 amide bonds. The molecule has 1 aliphatic rings. The number of hydrogen-bond donors (Lipinski definition) is 2. The van der Waals surface area contributed by atoms with Gasteiger partial charge in [-0.15, -0.1) is 11.3 Å². The molecule has 0 saturated carbocycles. The number of ether oxygens (including phenoxy) is 1. The van der Waals surface area contributed by atoms with Gasteiger partial charge < -0.3 is 4.74 Å². The molecule has 0 saturated heterocycles. The first-order valence-corrected chi connectivity index (χ1v) is 13.9. The summed E-state index contributed by atoms with van der Waals surface area (Å²) in [4.78, 5) is 17.7. The number of nitrogens with zero attached hydrogens (tertiary/aromatic N) is 1. The predicted octanol–water partition coefficient (Wildman–Crippen LogP) is 5.75. The van der Waals surface area contributed by atoms with E-state index in [1.165, 1.54) is 54.5 Å². The summed E-state index contributed by atoms with van der Waals surface area (Å²) in [6.45, 7) is 0. The van der Waals surface area contributed by atoms with Crippen LogP contribution in [-0.2, 0) is 22.9 Å². The van der Waals surface area contributed by atoms with E-state index in [-0.39, 0.29) is 16.1 Å². The van der Waals surface area contributed by atoms with Crippen molar-refractivity contribution in [2.24, 2.45) is 0 Å². The molecule has 4 aromatic rings. The highest BCUT2D eigenvalue weighted by Gasteiger charge is 2.20. The second-order valence-electron chi connectivity index (χ2n) is 8.51. The fraction of sp³-hybridized carbons (Fsp3) is 0.185. The standard InChI is InChI=1S/C27H25N3O4S2/c1-34-21-12-14-22(15-13-21)36(32,33)30-24-9-5-4-8-23(24)26(31)29-27-28-25(17-35-27)20-11-10-18-6-2-3-7-19(18)16-20/h4-5,8-17,30H,2-3,6-7H2,1H3,(H,28,29,31). The van der Waals surface area contributed by atoms with Gasteiger partial charge in [0.05, 0.1) is 29.0 Å². The molecule has 184 valence electrons. The lowest BCUT2D eigenvalue weighted by Crippen LogP contribution is -2.18. The minimum absolute atomic E-state index is 0.0631. The molecule has 3 aromatic carbocycles. The van der Waals surface area contributed by atoms with E-state index < -0.39 is 15.9 Å². The van der Waals surface area contributed by atoms with Crippen LogP contribution in [0.5, 0.6) is 5.75 Å². The molecule has 0 radical (unpaired) electrons. The number of thiazole rings is 1. The zero-order valence-electron chi connectivity index (χ0n) is 19.7. The summed E-state index contributed by atoms with van der Waals surface area (Å²) < 4.78 is 33.4. The van der Waals surface area contributed by atoms with Gasteiger partial charge in [0.25, 0.3) is 15.9 Å². The van der Waals surface area contributed by atoms with E-state index in [2.05, 4.69) is 33.2 Å². The van der Waals surface area contributed by atoms with Gasteiger partial charge in [0, 0.05) is 10.9 Å². The van der Waals surface area contributed by atoms with E-state index in [4.69, 9.17) is 4.74 Å². The van der Waals surface area contributed by atoms with E-state index in [0.29, 0.717) is 10.9 Å². The van der Waals surface area contributed by atoms with Crippen LogP contribution < -0.4 is 14.8 Å². The number of aryl methyl sites for hydroxylation is 2. The summed E-state index contributed by atoms with van der Waals surface area (Å²) in [5.41, 5.74) is 4.98. The van der Waals surface area contributed by atoms with Gasteiger partial charge in [0.1, 0.15) is 5.75 Å². The van der Waals surface area contributed by atoms with Crippen molar-refractivity contribution in [1.82, 2.24) is 4.98 Å². The number of para-hydroxylation sites is 1. The summed E-state index contributed by atoms with van der Waals surface area (Å²) in [5.74, 6) is 0.0984. The molecule has 0 bridgehead atoms. The molecule has 0 atom stereocenters. The third kappa shape index (κ3) is 5.12. The minimum Gasteiger partial charge on any atom is -0.497 e. The van der Waals surface area contributed by atoms with E-state index in [9.17, 15) is 13.2 Å². The number of nitrogens with one attached hydrogen (secondary N) is 2. The maximum Gasteiger partial charge on any atom is 0.261 e. The summed E-state index contributed by atoms with van der Waals surface area (Å²) in [5, 5.41) is 5.17. The zero-order chi connectivity index (χ0) is 25.1. The van der Waals surface area contributed by atoms with Gasteiger partial charge in [0.15, 0.2) is 5.13 Å². The zero-order valence-corrected chi connectivity index (χ0v) is 21.3. The van der Waals surface area contributed by atoms with E-state index >= 15 is 0 Å². The fourth-order valence-corrected chi connectivity index (χ4v) is 6.04. The maximum absolute atomic E-state index is 13.1. The molecule has 9 heteroatoms. The predicted molar refractivity (Wildman–Crippen MR) is 142 cm³/mol. The number of anilines is 2. The second-order valence-corrected chi connectivity index (χ2v) is 11.0. The van der Waals surface area contributed by atoms with Crippen LogP contribution in [0.25, 0.3) is 11.3 Å². The largest absolute Gasteiger partial charge is 0.497 e. The van der Waals surface area contributed by atoms with Crippen molar-refractivity contribution < 1.29 is 17.9 Å². The van der Waals surface area contributed by atoms with Crippen LogP contribution in [-0.4, -0.2) is 26.4 Å². The van der Waals surface area contributed by atoms with Crippen LogP contribution in [0.15, 0.2) is 77.0 Å². The highest BCUT2D eigenvalue weighted by atomic mass is 32.2. The van der Waals surface area contributed by atoms with Gasteiger partial charge in [-0.2, -0.15) is 0 Å². The molecule has 2 N–H and O–H groups in total. The molecule has 7 nitrogen and oxygen atoms in total. The smallest absolute Gasteiger partial charge is 0.261 e. The fourth-order valence-electron chi connectivity index (χ4n) is 4.25. The van der Waals surface area contributed by atoms with Gasteiger partial charge in [0.2, 0.25) is 0 Å². The lowest BCUT2D eigenvalue weighted by atomic mass is 9.90. The van der Waals surface area contributed by atoms with Crippen molar-refractivity contribution in [1.29, 1.82) is 0 Å². The molecule has 1 aromatic heterocycles. The Morgan fingerprint density at radius 1 is 0.972 bits per heavy atom. The highest BCUT2D eigenvalue weighted by Crippen LogP contribution is 2.30. The van der Waals surface area contributed by atoms with Crippen molar-refractivity contribution >= 4 is 38.1 Å². The van der Waals surface area contributed by atoms with Crippen molar-refractivity contribution in [2.45, 2.75) is 30.6 Å². The number of benzene rings is 3. The van der Waals surface area contributed by atoms with E-state index in [1.54, 1.807) is 36.4 Å². The van der Waals surface area contributed by atoms with Crippen LogP contribution in [0, 0.1) is 0 Å². The summed E-state index contributed by atoms with van der Waals surface area (Å²) in [7, 11) is -2.40. The molecule has 0 spiro atoms. The molecule has 36 heavy (non-hydrogen) atoms. The number of methoxy groups -OCH3 is 1. The number of hydrogen-bond acceptors (Lipinski definition) is 6. The van der Waals surface area contributed by atoms with E-state index in [0.717, 1.165) is 24.1 Å². The number of fused-ring (bicyclic) bond motifs is 1. The number of rotatable bonds is 7. The second kappa shape index (κ2) is 10.1. The monoisotopic (exact) mass is 519 g/mol. The Balaban J connectivity index is 1.33. The topological polar surface area (TPSA) is 97.4 Å². The quantitative estimate of drug-likeness (QED) is 0.324. The van der Waals surface area contributed by atoms with Crippen LogP contribution in [0.1, 0.15) is 34.3 Å². The van der Waals surface area contributed by atoms with Crippen LogP contribution in [0.2, 0.25) is 0 Å². The lowest BCUT2D eigenvalue weighted by Gasteiger charge is -2.16. The Bertz CT molecular complexity index is 1510. The number of carbonyl (C=O) groups excluding carboxylic acids is 1. The minimum atomic E-state index is -3.91. The summed E-state index contributed by atoms with van der Waals surface area (Å²) in [6, 6.07) is 18.9. The highest BCUT2D eigenvalue weighted by molar-refractivity contribution is 7.92. The Hall–Kier alpha value is -3.69. The van der Waals surface area contributed by atoms with Crippen LogP contribution in [0.3, 0.4) is 0 Å². The van der Waals surface area contributed by atoms with Gasteiger partial charge in [-0.05, 0) is 79.3 Å². The van der Waals surface area contributed by atoms with Crippen molar-refractivity contribution in [3.63, 3.8) is 0 Å². The van der Waals surface area contributed by atoms with Crippen LogP contribution >= 0.6 is 11.3 Å². The molecular formula is C27H25N3O4S2. The van der Waals surface area contributed by atoms with Gasteiger partial charge >= 0.3 is 0 Å². The summed E-state index contributed by atoms with van der Waals surface area (Å²) in [6.07, 6.45) is 4.64. The maximum atomic E-state index is 13.1. The van der Waals surface area contributed by atoms with Gasteiger partial charge in [-0.25, -0.2) is 13.4 Å². The number of carbonyl (C=O) groups is 1. The van der Waals surface area contributed by atoms with Crippen molar-refractivity contribution in [3.8, 4) is 17.0 Å². The molecule has 5 rings (SSSR count). The average Bonchev–Trinajstić information content (AvgIpc) is 3.37. The molecule has 0 aliphatic heterocycles. The third-order valence-electron chi connectivity index (χ3n) is 6.15. The molecule has 1 heterocycles. The first-order valence-electron chi connectivity index (χ1n) is 11.6. The Kier molecular flexibility index (Phi) is 6.75. The lowest BCUT2D eigenvalue weighted by molar-refractivity contribution is 0.102.